The van der Waals surface area contributed by atoms with Crippen molar-refractivity contribution in [2.24, 2.45) is 0 Å². The van der Waals surface area contributed by atoms with E-state index in [1.54, 1.807) is 0 Å². The van der Waals surface area contributed by atoms with Gasteiger partial charge in [0.2, 0.25) is 5.79 Å². The number of morpholine rings is 1. The average molecular weight is 372 g/mol. The van der Waals surface area contributed by atoms with Crippen LogP contribution in [0, 0.1) is 10.1 Å². The molecule has 7 nitrogen and oxygen atoms in total. The summed E-state index contributed by atoms with van der Waals surface area (Å²) in [5.74, 6) is -0.878. The molecule has 1 unspecified atom stereocenters. The van der Waals surface area contributed by atoms with Gasteiger partial charge in [0.15, 0.2) is 0 Å². The molecular formula is C20H24N2O5. The van der Waals surface area contributed by atoms with Gasteiger partial charge in [0.1, 0.15) is 0 Å². The van der Waals surface area contributed by atoms with E-state index in [1.165, 1.54) is 0 Å². The molecule has 7 heteroatoms. The monoisotopic (exact) mass is 372 g/mol. The van der Waals surface area contributed by atoms with Crippen LogP contribution in [0.25, 0.3) is 11.1 Å². The summed E-state index contributed by atoms with van der Waals surface area (Å²) in [6.07, 6.45) is 0.415. The smallest absolute Gasteiger partial charge is 0.294 e. The van der Waals surface area contributed by atoms with Crippen LogP contribution in [0.2, 0.25) is 0 Å². The molecule has 27 heavy (non-hydrogen) atoms. The molecule has 0 aliphatic carbocycles. The first kappa shape index (κ1) is 19.3. The van der Waals surface area contributed by atoms with Crippen LogP contribution in [0.5, 0.6) is 0 Å². The number of hydrogen-bond acceptors (Lipinski definition) is 6. The maximum atomic E-state index is 10.3. The lowest BCUT2D eigenvalue weighted by Crippen LogP contribution is -2.50. The van der Waals surface area contributed by atoms with E-state index in [2.05, 4.69) is 34.0 Å². The van der Waals surface area contributed by atoms with Gasteiger partial charge >= 0.3 is 0 Å². The van der Waals surface area contributed by atoms with E-state index >= 15 is 0 Å². The summed E-state index contributed by atoms with van der Waals surface area (Å²) in [5.41, 5.74) is 3.21. The molecule has 1 saturated heterocycles. The SMILES string of the molecule is CN1CCOC(OCCCO[N+](=O)[O-])(c2ccc(-c3ccccc3)cc2)C1. The third-order valence-electron chi connectivity index (χ3n) is 4.54. The van der Waals surface area contributed by atoms with Gasteiger partial charge in [-0.3, -0.25) is 4.90 Å². The standard InChI is InChI=1S/C20H24N2O5/c1-21-12-15-26-20(16-21,25-13-5-14-27-22(23)24)19-10-8-18(9-11-19)17-6-3-2-4-7-17/h2-4,6-11H,5,12-16H2,1H3. The van der Waals surface area contributed by atoms with Crippen LogP contribution in [0.3, 0.4) is 0 Å². The van der Waals surface area contributed by atoms with Gasteiger partial charge in [-0.1, -0.05) is 54.6 Å². The summed E-state index contributed by atoms with van der Waals surface area (Å²) < 4.78 is 12.1. The number of rotatable bonds is 8. The van der Waals surface area contributed by atoms with Crippen LogP contribution in [-0.2, 0) is 20.1 Å². The lowest BCUT2D eigenvalue weighted by molar-refractivity contribution is -0.757. The zero-order valence-electron chi connectivity index (χ0n) is 15.4. The molecule has 0 amide bonds. The predicted molar refractivity (Wildman–Crippen MR) is 101 cm³/mol. The average Bonchev–Trinajstić information content (AvgIpc) is 2.68. The maximum absolute atomic E-state index is 10.3. The molecule has 2 aromatic rings. The molecule has 0 N–H and O–H groups in total. The van der Waals surface area contributed by atoms with Crippen LogP contribution in [0.4, 0.5) is 0 Å². The second kappa shape index (κ2) is 8.94. The minimum absolute atomic E-state index is 0.00582. The Balaban J connectivity index is 1.73. The Morgan fingerprint density at radius 1 is 1.11 bits per heavy atom. The highest BCUT2D eigenvalue weighted by Crippen LogP contribution is 2.32. The topological polar surface area (TPSA) is 74.1 Å². The fraction of sp³-hybridized carbons (Fsp3) is 0.400. The molecule has 0 spiro atoms. The lowest BCUT2D eigenvalue weighted by Gasteiger charge is -2.41. The lowest BCUT2D eigenvalue weighted by atomic mass is 9.99. The number of hydrogen-bond donors (Lipinski definition) is 0. The van der Waals surface area contributed by atoms with Crippen molar-refractivity contribution in [3.05, 3.63) is 70.3 Å². The number of benzene rings is 2. The van der Waals surface area contributed by atoms with Crippen LogP contribution in [0.15, 0.2) is 54.6 Å². The van der Waals surface area contributed by atoms with E-state index in [0.29, 0.717) is 26.2 Å². The molecule has 3 rings (SSSR count). The van der Waals surface area contributed by atoms with Crippen LogP contribution < -0.4 is 0 Å². The van der Waals surface area contributed by atoms with E-state index in [-0.39, 0.29) is 6.61 Å². The quantitative estimate of drug-likeness (QED) is 0.403. The summed E-state index contributed by atoms with van der Waals surface area (Å²) in [7, 11) is 2.02. The Morgan fingerprint density at radius 2 is 1.81 bits per heavy atom. The molecule has 1 heterocycles. The van der Waals surface area contributed by atoms with Crippen molar-refractivity contribution in [3.63, 3.8) is 0 Å². The first-order valence-electron chi connectivity index (χ1n) is 8.99. The summed E-state index contributed by atoms with van der Waals surface area (Å²) in [4.78, 5) is 16.8. The molecule has 1 fully saturated rings. The van der Waals surface area contributed by atoms with Crippen LogP contribution >= 0.6 is 0 Å². The van der Waals surface area contributed by atoms with Crippen molar-refractivity contribution in [1.82, 2.24) is 4.90 Å². The van der Waals surface area contributed by atoms with Crippen molar-refractivity contribution in [2.75, 3.05) is 40.0 Å². The number of nitrogens with zero attached hydrogens (tertiary/aromatic N) is 2. The minimum Gasteiger partial charge on any atom is -0.345 e. The fourth-order valence-corrected chi connectivity index (χ4v) is 3.17. The van der Waals surface area contributed by atoms with Crippen molar-refractivity contribution in [3.8, 4) is 11.1 Å². The molecule has 2 aromatic carbocycles. The Labute approximate surface area is 158 Å². The van der Waals surface area contributed by atoms with Crippen molar-refractivity contribution >= 4 is 0 Å². The third-order valence-corrected chi connectivity index (χ3v) is 4.54. The first-order valence-corrected chi connectivity index (χ1v) is 8.99. The molecule has 0 aromatic heterocycles. The molecule has 0 radical (unpaired) electrons. The van der Waals surface area contributed by atoms with E-state index in [0.717, 1.165) is 23.2 Å². The highest BCUT2D eigenvalue weighted by Gasteiger charge is 2.38. The molecule has 1 aliphatic rings. The van der Waals surface area contributed by atoms with Crippen LogP contribution in [-0.4, -0.2) is 49.9 Å². The first-order chi connectivity index (χ1) is 13.1. The van der Waals surface area contributed by atoms with Gasteiger partial charge in [0.05, 0.1) is 26.4 Å². The number of ether oxygens (including phenoxy) is 2. The predicted octanol–water partition coefficient (Wildman–Crippen LogP) is 3.08. The zero-order chi connectivity index (χ0) is 19.1. The Kier molecular flexibility index (Phi) is 6.39. The largest absolute Gasteiger partial charge is 0.345 e. The van der Waals surface area contributed by atoms with Gasteiger partial charge in [-0.05, 0) is 24.6 Å². The van der Waals surface area contributed by atoms with Gasteiger partial charge in [0.25, 0.3) is 5.09 Å². The van der Waals surface area contributed by atoms with Crippen LogP contribution in [0.1, 0.15) is 12.0 Å². The summed E-state index contributed by atoms with van der Waals surface area (Å²) in [6, 6.07) is 18.3. The molecular weight excluding hydrogens is 348 g/mol. The number of likely N-dealkylation sites (N-methyl/N-ethyl adjacent to an activating group) is 1. The Bertz CT molecular complexity index is 738. The van der Waals surface area contributed by atoms with Crippen molar-refractivity contribution in [2.45, 2.75) is 12.2 Å². The minimum atomic E-state index is -0.878. The highest BCUT2D eigenvalue weighted by molar-refractivity contribution is 5.63. The van der Waals surface area contributed by atoms with E-state index in [4.69, 9.17) is 9.47 Å². The second-order valence-corrected chi connectivity index (χ2v) is 6.54. The van der Waals surface area contributed by atoms with Crippen molar-refractivity contribution in [1.29, 1.82) is 0 Å². The molecule has 144 valence electrons. The molecule has 1 aliphatic heterocycles. The van der Waals surface area contributed by atoms with Gasteiger partial charge in [0, 0.05) is 12.1 Å². The summed E-state index contributed by atoms with van der Waals surface area (Å²) in [6.45, 7) is 2.29. The normalized spacial score (nSPS) is 20.3. The summed E-state index contributed by atoms with van der Waals surface area (Å²) in [5, 5.41) is 9.46. The maximum Gasteiger partial charge on any atom is 0.294 e. The molecule has 0 saturated carbocycles. The van der Waals surface area contributed by atoms with Gasteiger partial charge < -0.3 is 14.3 Å². The fourth-order valence-electron chi connectivity index (χ4n) is 3.17. The van der Waals surface area contributed by atoms with Gasteiger partial charge in [-0.15, -0.1) is 10.1 Å². The Morgan fingerprint density at radius 3 is 2.48 bits per heavy atom. The van der Waals surface area contributed by atoms with E-state index < -0.39 is 10.9 Å². The van der Waals surface area contributed by atoms with E-state index in [1.807, 2.05) is 37.4 Å². The van der Waals surface area contributed by atoms with Gasteiger partial charge in [-0.25, -0.2) is 0 Å². The van der Waals surface area contributed by atoms with E-state index in [9.17, 15) is 10.1 Å². The third kappa shape index (κ3) is 5.03. The van der Waals surface area contributed by atoms with Gasteiger partial charge in [-0.2, -0.15) is 0 Å². The van der Waals surface area contributed by atoms with Crippen molar-refractivity contribution < 1.29 is 19.4 Å². The summed E-state index contributed by atoms with van der Waals surface area (Å²) >= 11 is 0. The zero-order valence-corrected chi connectivity index (χ0v) is 15.4. The second-order valence-electron chi connectivity index (χ2n) is 6.54. The Hall–Kier alpha value is -2.48. The highest BCUT2D eigenvalue weighted by atomic mass is 16.9. The molecule has 1 atom stereocenters. The molecule has 0 bridgehead atoms.